The van der Waals surface area contributed by atoms with Crippen LogP contribution in [-0.4, -0.2) is 11.0 Å². The number of aromatic hydroxyl groups is 1. The number of nitrogens with zero attached hydrogens (tertiary/aromatic N) is 1. The standard InChI is InChI=1S/C18H13NO4/c1-10-8-15(20)13(18(22)23-10)9-19-14-7-3-5-11-4-2-6-12(16(11)14)17(19)21/h2-8,20H,9H2,1H3. The summed E-state index contributed by atoms with van der Waals surface area (Å²) in [6.07, 6.45) is 0. The molecule has 0 saturated carbocycles. The van der Waals surface area contributed by atoms with Crippen molar-refractivity contribution in [3.8, 4) is 5.75 Å². The molecule has 2 aromatic carbocycles. The van der Waals surface area contributed by atoms with Crippen LogP contribution in [0.15, 0.2) is 51.7 Å². The molecule has 1 aromatic heterocycles. The van der Waals surface area contributed by atoms with Crippen molar-refractivity contribution in [3.63, 3.8) is 0 Å². The average molecular weight is 307 g/mol. The molecular weight excluding hydrogens is 294 g/mol. The monoisotopic (exact) mass is 307 g/mol. The molecule has 0 spiro atoms. The molecule has 1 aliphatic rings. The predicted octanol–water partition coefficient (Wildman–Crippen LogP) is 2.97. The second-order valence-corrected chi connectivity index (χ2v) is 5.58. The lowest BCUT2D eigenvalue weighted by molar-refractivity contribution is 0.0991. The summed E-state index contributed by atoms with van der Waals surface area (Å²) >= 11 is 0. The van der Waals surface area contributed by atoms with Crippen molar-refractivity contribution >= 4 is 22.4 Å². The number of aryl methyl sites for hydroxylation is 1. The number of amides is 1. The smallest absolute Gasteiger partial charge is 0.344 e. The average Bonchev–Trinajstić information content (AvgIpc) is 2.78. The highest BCUT2D eigenvalue weighted by Gasteiger charge is 2.30. The van der Waals surface area contributed by atoms with Gasteiger partial charge in [-0.1, -0.05) is 24.3 Å². The largest absolute Gasteiger partial charge is 0.507 e. The van der Waals surface area contributed by atoms with Crippen LogP contribution in [0.4, 0.5) is 5.69 Å². The zero-order valence-corrected chi connectivity index (χ0v) is 12.4. The minimum absolute atomic E-state index is 0.0267. The van der Waals surface area contributed by atoms with Crippen LogP contribution >= 0.6 is 0 Å². The van der Waals surface area contributed by atoms with Crippen molar-refractivity contribution in [1.82, 2.24) is 0 Å². The van der Waals surface area contributed by atoms with Gasteiger partial charge in [-0.05, 0) is 24.4 Å². The topological polar surface area (TPSA) is 70.8 Å². The normalized spacial score (nSPS) is 13.1. The van der Waals surface area contributed by atoms with E-state index in [0.29, 0.717) is 11.3 Å². The molecule has 1 amide bonds. The van der Waals surface area contributed by atoms with Crippen LogP contribution in [0.25, 0.3) is 10.8 Å². The Hall–Kier alpha value is -3.08. The van der Waals surface area contributed by atoms with Gasteiger partial charge in [-0.15, -0.1) is 0 Å². The van der Waals surface area contributed by atoms with E-state index in [1.165, 1.54) is 11.0 Å². The Morgan fingerprint density at radius 1 is 1.13 bits per heavy atom. The van der Waals surface area contributed by atoms with E-state index in [1.807, 2.05) is 30.3 Å². The van der Waals surface area contributed by atoms with E-state index in [4.69, 9.17) is 4.42 Å². The molecule has 3 aromatic rings. The van der Waals surface area contributed by atoms with E-state index in [2.05, 4.69) is 0 Å². The summed E-state index contributed by atoms with van der Waals surface area (Å²) in [6, 6.07) is 12.6. The molecule has 5 heteroatoms. The number of benzene rings is 2. The number of hydrogen-bond donors (Lipinski definition) is 1. The van der Waals surface area contributed by atoms with Crippen LogP contribution in [0.2, 0.25) is 0 Å². The summed E-state index contributed by atoms with van der Waals surface area (Å²) in [5.74, 6) is -0.0137. The Balaban J connectivity index is 1.86. The van der Waals surface area contributed by atoms with Crippen molar-refractivity contribution < 1.29 is 14.3 Å². The summed E-state index contributed by atoms with van der Waals surface area (Å²) in [5, 5.41) is 11.9. The summed E-state index contributed by atoms with van der Waals surface area (Å²) in [7, 11) is 0. The van der Waals surface area contributed by atoms with Gasteiger partial charge >= 0.3 is 5.63 Å². The van der Waals surface area contributed by atoms with E-state index < -0.39 is 5.63 Å². The summed E-state index contributed by atoms with van der Waals surface area (Å²) in [5.41, 5.74) is 0.795. The van der Waals surface area contributed by atoms with Crippen molar-refractivity contribution in [2.75, 3.05) is 4.90 Å². The van der Waals surface area contributed by atoms with Crippen LogP contribution in [-0.2, 0) is 6.54 Å². The summed E-state index contributed by atoms with van der Waals surface area (Å²) in [6.45, 7) is 1.56. The first-order chi connectivity index (χ1) is 11.1. The molecule has 1 aliphatic heterocycles. The third-order valence-electron chi connectivity index (χ3n) is 4.11. The Labute approximate surface area is 131 Å². The Bertz CT molecular complexity index is 1010. The summed E-state index contributed by atoms with van der Waals surface area (Å²) in [4.78, 5) is 26.2. The van der Waals surface area contributed by atoms with E-state index in [0.717, 1.165) is 16.5 Å². The lowest BCUT2D eigenvalue weighted by Gasteiger charge is -2.17. The number of hydrogen-bond acceptors (Lipinski definition) is 4. The first-order valence-electron chi connectivity index (χ1n) is 7.22. The fraction of sp³-hybridized carbons (Fsp3) is 0.111. The molecule has 0 aliphatic carbocycles. The number of anilines is 1. The van der Waals surface area contributed by atoms with Gasteiger partial charge in [0.1, 0.15) is 11.5 Å². The lowest BCUT2D eigenvalue weighted by atomic mass is 10.1. The predicted molar refractivity (Wildman–Crippen MR) is 85.8 cm³/mol. The summed E-state index contributed by atoms with van der Waals surface area (Å²) < 4.78 is 5.03. The van der Waals surface area contributed by atoms with Crippen molar-refractivity contribution in [2.24, 2.45) is 0 Å². The molecule has 23 heavy (non-hydrogen) atoms. The second kappa shape index (κ2) is 4.71. The lowest BCUT2D eigenvalue weighted by Crippen LogP contribution is -2.28. The molecule has 0 bridgehead atoms. The molecule has 0 radical (unpaired) electrons. The minimum Gasteiger partial charge on any atom is -0.507 e. The maximum Gasteiger partial charge on any atom is 0.344 e. The molecule has 0 atom stereocenters. The van der Waals surface area contributed by atoms with Crippen LogP contribution in [0.5, 0.6) is 5.75 Å². The zero-order valence-electron chi connectivity index (χ0n) is 12.4. The maximum atomic E-state index is 12.7. The Morgan fingerprint density at radius 3 is 2.61 bits per heavy atom. The fourth-order valence-electron chi connectivity index (χ4n) is 3.06. The molecule has 114 valence electrons. The fourth-order valence-corrected chi connectivity index (χ4v) is 3.06. The van der Waals surface area contributed by atoms with Crippen LogP contribution in [0.1, 0.15) is 21.7 Å². The van der Waals surface area contributed by atoms with Crippen LogP contribution in [0.3, 0.4) is 0 Å². The first kappa shape index (κ1) is 13.6. The molecular formula is C18H13NO4. The minimum atomic E-state index is -0.626. The molecule has 0 unspecified atom stereocenters. The van der Waals surface area contributed by atoms with Gasteiger partial charge < -0.3 is 14.4 Å². The highest BCUT2D eigenvalue weighted by Crippen LogP contribution is 2.38. The third-order valence-corrected chi connectivity index (χ3v) is 4.11. The van der Waals surface area contributed by atoms with E-state index in [9.17, 15) is 14.7 Å². The van der Waals surface area contributed by atoms with Crippen LogP contribution < -0.4 is 10.5 Å². The number of rotatable bonds is 2. The van der Waals surface area contributed by atoms with E-state index in [-0.39, 0.29) is 23.8 Å². The third kappa shape index (κ3) is 1.93. The van der Waals surface area contributed by atoms with Gasteiger partial charge in [0.2, 0.25) is 0 Å². The molecule has 0 saturated heterocycles. The molecule has 0 fully saturated rings. The van der Waals surface area contributed by atoms with Gasteiger partial charge in [-0.25, -0.2) is 4.79 Å². The zero-order chi connectivity index (χ0) is 16.1. The SMILES string of the molecule is Cc1cc(O)c(CN2C(=O)c3cccc4cccc2c34)c(=O)o1. The van der Waals surface area contributed by atoms with Gasteiger partial charge in [0.05, 0.1) is 17.8 Å². The molecule has 2 heterocycles. The highest BCUT2D eigenvalue weighted by atomic mass is 16.4. The van der Waals surface area contributed by atoms with Gasteiger partial charge in [0.25, 0.3) is 5.91 Å². The molecule has 1 N–H and O–H groups in total. The van der Waals surface area contributed by atoms with Gasteiger partial charge in [-0.2, -0.15) is 0 Å². The van der Waals surface area contributed by atoms with Gasteiger partial charge in [0, 0.05) is 17.0 Å². The van der Waals surface area contributed by atoms with Gasteiger partial charge in [-0.3, -0.25) is 4.79 Å². The Kier molecular flexibility index (Phi) is 2.78. The molecule has 4 rings (SSSR count). The second-order valence-electron chi connectivity index (χ2n) is 5.58. The van der Waals surface area contributed by atoms with Gasteiger partial charge in [0.15, 0.2) is 0 Å². The highest BCUT2D eigenvalue weighted by molar-refractivity contribution is 6.24. The quantitative estimate of drug-likeness (QED) is 0.790. The molecule has 5 nitrogen and oxygen atoms in total. The Morgan fingerprint density at radius 2 is 1.87 bits per heavy atom. The van der Waals surface area contributed by atoms with E-state index in [1.54, 1.807) is 13.0 Å². The van der Waals surface area contributed by atoms with Crippen molar-refractivity contribution in [3.05, 3.63) is 69.8 Å². The van der Waals surface area contributed by atoms with E-state index >= 15 is 0 Å². The van der Waals surface area contributed by atoms with Crippen LogP contribution in [0, 0.1) is 6.92 Å². The van der Waals surface area contributed by atoms with Crippen molar-refractivity contribution in [1.29, 1.82) is 0 Å². The number of carbonyl (C=O) groups is 1. The maximum absolute atomic E-state index is 12.7. The first-order valence-corrected chi connectivity index (χ1v) is 7.22. The van der Waals surface area contributed by atoms with Crippen molar-refractivity contribution in [2.45, 2.75) is 13.5 Å². The number of carbonyl (C=O) groups excluding carboxylic acids is 1.